The monoisotopic (exact) mass is 282 g/mol. The first kappa shape index (κ1) is 14.2. The Hall–Kier alpha value is -1.24. The fraction of sp³-hybridized carbons (Fsp3) is 0.750. The fourth-order valence-corrected chi connectivity index (χ4v) is 3.15. The van der Waals surface area contributed by atoms with Gasteiger partial charge in [-0.1, -0.05) is 0 Å². The normalized spacial score (nSPS) is 18.4. The Morgan fingerprint density at radius 1 is 1.21 bits per heavy atom. The Labute approximate surface area is 118 Å². The van der Waals surface area contributed by atoms with Crippen LogP contribution in [0.4, 0.5) is 17.8 Å². The van der Waals surface area contributed by atoms with Crippen molar-refractivity contribution in [1.29, 1.82) is 0 Å². The molecule has 1 unspecified atom stereocenters. The SMILES string of the molecule is CCNc1nc(NCC2CCSC2)nc(N(C)C)n1. The minimum absolute atomic E-state index is 0.629. The van der Waals surface area contributed by atoms with Crippen molar-refractivity contribution in [3.8, 4) is 0 Å². The number of hydrogen-bond acceptors (Lipinski definition) is 7. The number of rotatable bonds is 6. The van der Waals surface area contributed by atoms with Gasteiger partial charge in [-0.15, -0.1) is 0 Å². The summed E-state index contributed by atoms with van der Waals surface area (Å²) in [5, 5.41) is 6.48. The van der Waals surface area contributed by atoms with Gasteiger partial charge in [0.15, 0.2) is 0 Å². The van der Waals surface area contributed by atoms with Gasteiger partial charge in [0.1, 0.15) is 0 Å². The number of thioether (sulfide) groups is 1. The fourth-order valence-electron chi connectivity index (χ4n) is 1.86. The summed E-state index contributed by atoms with van der Waals surface area (Å²) in [4.78, 5) is 15.0. The van der Waals surface area contributed by atoms with Crippen LogP contribution in [0.2, 0.25) is 0 Å². The third kappa shape index (κ3) is 4.12. The summed E-state index contributed by atoms with van der Waals surface area (Å²) in [5.74, 6) is 5.20. The molecule has 0 bridgehead atoms. The third-order valence-electron chi connectivity index (χ3n) is 2.93. The molecule has 1 aliphatic rings. The molecule has 0 amide bonds. The van der Waals surface area contributed by atoms with Gasteiger partial charge in [-0.2, -0.15) is 26.7 Å². The third-order valence-corrected chi connectivity index (χ3v) is 4.16. The molecule has 106 valence electrons. The Morgan fingerprint density at radius 2 is 1.95 bits per heavy atom. The first-order valence-electron chi connectivity index (χ1n) is 6.68. The second-order valence-corrected chi connectivity index (χ2v) is 5.97. The van der Waals surface area contributed by atoms with Gasteiger partial charge in [-0.3, -0.25) is 0 Å². The predicted octanol–water partition coefficient (Wildman–Crippen LogP) is 1.53. The first-order valence-corrected chi connectivity index (χ1v) is 7.83. The van der Waals surface area contributed by atoms with Crippen molar-refractivity contribution in [2.45, 2.75) is 13.3 Å². The van der Waals surface area contributed by atoms with Gasteiger partial charge in [0.2, 0.25) is 17.8 Å². The summed E-state index contributed by atoms with van der Waals surface area (Å²) in [6.07, 6.45) is 1.28. The summed E-state index contributed by atoms with van der Waals surface area (Å²) in [7, 11) is 3.87. The molecule has 1 aromatic heterocycles. The molecule has 0 aromatic carbocycles. The van der Waals surface area contributed by atoms with Crippen molar-refractivity contribution >= 4 is 29.6 Å². The maximum Gasteiger partial charge on any atom is 0.231 e. The van der Waals surface area contributed by atoms with Crippen molar-refractivity contribution in [3.05, 3.63) is 0 Å². The zero-order valence-electron chi connectivity index (χ0n) is 11.8. The van der Waals surface area contributed by atoms with E-state index in [2.05, 4.69) is 25.6 Å². The maximum atomic E-state index is 4.42. The van der Waals surface area contributed by atoms with Gasteiger partial charge >= 0.3 is 0 Å². The van der Waals surface area contributed by atoms with Crippen LogP contribution in [0.1, 0.15) is 13.3 Å². The van der Waals surface area contributed by atoms with Gasteiger partial charge in [0.05, 0.1) is 0 Å². The minimum Gasteiger partial charge on any atom is -0.354 e. The van der Waals surface area contributed by atoms with E-state index in [-0.39, 0.29) is 0 Å². The van der Waals surface area contributed by atoms with Gasteiger partial charge in [-0.05, 0) is 30.8 Å². The molecule has 7 heteroatoms. The molecule has 0 saturated carbocycles. The number of anilines is 3. The largest absolute Gasteiger partial charge is 0.354 e. The molecule has 0 aliphatic carbocycles. The van der Waals surface area contributed by atoms with Crippen LogP contribution in [-0.4, -0.2) is 53.6 Å². The Balaban J connectivity index is 2.04. The van der Waals surface area contributed by atoms with E-state index in [1.807, 2.05) is 37.7 Å². The summed E-state index contributed by atoms with van der Waals surface area (Å²) in [6, 6.07) is 0. The molecule has 2 heterocycles. The number of aromatic nitrogens is 3. The lowest BCUT2D eigenvalue weighted by molar-refractivity contribution is 0.628. The molecule has 0 radical (unpaired) electrons. The van der Waals surface area contributed by atoms with E-state index in [1.165, 1.54) is 17.9 Å². The van der Waals surface area contributed by atoms with Crippen LogP contribution in [0.15, 0.2) is 0 Å². The summed E-state index contributed by atoms with van der Waals surface area (Å²) < 4.78 is 0. The highest BCUT2D eigenvalue weighted by molar-refractivity contribution is 7.99. The zero-order valence-corrected chi connectivity index (χ0v) is 12.6. The Bertz CT molecular complexity index is 405. The molecule has 19 heavy (non-hydrogen) atoms. The maximum absolute atomic E-state index is 4.42. The molecule has 0 spiro atoms. The average molecular weight is 282 g/mol. The van der Waals surface area contributed by atoms with E-state index in [1.54, 1.807) is 0 Å². The summed E-state index contributed by atoms with van der Waals surface area (Å²) in [6.45, 7) is 3.77. The van der Waals surface area contributed by atoms with Crippen LogP contribution in [-0.2, 0) is 0 Å². The van der Waals surface area contributed by atoms with Crippen LogP contribution in [0, 0.1) is 5.92 Å². The summed E-state index contributed by atoms with van der Waals surface area (Å²) >= 11 is 2.02. The minimum atomic E-state index is 0.629. The van der Waals surface area contributed by atoms with Crippen LogP contribution in [0.3, 0.4) is 0 Å². The average Bonchev–Trinajstić information content (AvgIpc) is 2.89. The highest BCUT2D eigenvalue weighted by Crippen LogP contribution is 2.23. The van der Waals surface area contributed by atoms with E-state index < -0.39 is 0 Å². The number of nitrogens with zero attached hydrogens (tertiary/aromatic N) is 4. The molecule has 6 nitrogen and oxygen atoms in total. The van der Waals surface area contributed by atoms with Gasteiger partial charge in [0.25, 0.3) is 0 Å². The van der Waals surface area contributed by atoms with Crippen LogP contribution < -0.4 is 15.5 Å². The van der Waals surface area contributed by atoms with Crippen LogP contribution >= 0.6 is 11.8 Å². The van der Waals surface area contributed by atoms with Gasteiger partial charge < -0.3 is 15.5 Å². The van der Waals surface area contributed by atoms with Gasteiger partial charge in [-0.25, -0.2) is 0 Å². The smallest absolute Gasteiger partial charge is 0.231 e. The molecule has 1 aliphatic heterocycles. The van der Waals surface area contributed by atoms with Crippen molar-refractivity contribution in [2.75, 3.05) is 54.2 Å². The molecule has 1 aromatic rings. The van der Waals surface area contributed by atoms with E-state index in [0.717, 1.165) is 19.0 Å². The Morgan fingerprint density at radius 3 is 2.53 bits per heavy atom. The standard InChI is InChI=1S/C12H22N6S/c1-4-13-10-15-11(17-12(16-10)18(2)3)14-7-9-5-6-19-8-9/h9H,4-8H2,1-3H3,(H2,13,14,15,16,17). The highest BCUT2D eigenvalue weighted by atomic mass is 32.2. The second-order valence-electron chi connectivity index (χ2n) is 4.82. The molecule has 1 saturated heterocycles. The van der Waals surface area contributed by atoms with Crippen molar-refractivity contribution in [2.24, 2.45) is 5.92 Å². The predicted molar refractivity (Wildman–Crippen MR) is 82.2 cm³/mol. The lowest BCUT2D eigenvalue weighted by atomic mass is 10.1. The van der Waals surface area contributed by atoms with Crippen molar-refractivity contribution in [1.82, 2.24) is 15.0 Å². The van der Waals surface area contributed by atoms with Gasteiger partial charge in [0, 0.05) is 27.2 Å². The van der Waals surface area contributed by atoms with Crippen LogP contribution in [0.5, 0.6) is 0 Å². The zero-order chi connectivity index (χ0) is 13.7. The molecular formula is C12H22N6S. The molecule has 1 fully saturated rings. The molecular weight excluding hydrogens is 260 g/mol. The Kier molecular flexibility index (Phi) is 5.07. The molecule has 2 rings (SSSR count). The van der Waals surface area contributed by atoms with Crippen molar-refractivity contribution < 1.29 is 0 Å². The van der Waals surface area contributed by atoms with E-state index >= 15 is 0 Å². The second kappa shape index (κ2) is 6.79. The molecule has 2 N–H and O–H groups in total. The molecule has 1 atom stereocenters. The highest BCUT2D eigenvalue weighted by Gasteiger charge is 2.16. The topological polar surface area (TPSA) is 66.0 Å². The number of nitrogens with one attached hydrogen (secondary N) is 2. The number of hydrogen-bond donors (Lipinski definition) is 2. The van der Waals surface area contributed by atoms with Crippen molar-refractivity contribution in [3.63, 3.8) is 0 Å². The van der Waals surface area contributed by atoms with E-state index in [0.29, 0.717) is 17.8 Å². The quantitative estimate of drug-likeness (QED) is 0.820. The van der Waals surface area contributed by atoms with E-state index in [4.69, 9.17) is 0 Å². The summed E-state index contributed by atoms with van der Waals surface area (Å²) in [5.41, 5.74) is 0. The first-order chi connectivity index (χ1) is 9.19. The lowest BCUT2D eigenvalue weighted by Gasteiger charge is -2.15. The van der Waals surface area contributed by atoms with Crippen LogP contribution in [0.25, 0.3) is 0 Å². The van der Waals surface area contributed by atoms with E-state index in [9.17, 15) is 0 Å². The lowest BCUT2D eigenvalue weighted by Crippen LogP contribution is -2.19.